The van der Waals surface area contributed by atoms with Crippen molar-refractivity contribution in [2.24, 2.45) is 5.92 Å². The van der Waals surface area contributed by atoms with Crippen LogP contribution in [0.5, 0.6) is 0 Å². The minimum atomic E-state index is -1.14. The second-order valence-corrected chi connectivity index (χ2v) is 4.35. The fourth-order valence-electron chi connectivity index (χ4n) is 2.18. The van der Waals surface area contributed by atoms with Gasteiger partial charge in [0, 0.05) is 24.9 Å². The maximum Gasteiger partial charge on any atom is 0.223 e. The molecule has 0 spiro atoms. The Hall–Kier alpha value is -1.84. The summed E-state index contributed by atoms with van der Waals surface area (Å²) in [6, 6.07) is 9.50. The number of aliphatic carboxylic acids is 1. The Morgan fingerprint density at radius 1 is 1.41 bits per heavy atom. The molecule has 2 atom stereocenters. The highest BCUT2D eigenvalue weighted by molar-refractivity contribution is 5.85. The Morgan fingerprint density at radius 2 is 2.06 bits per heavy atom. The van der Waals surface area contributed by atoms with Crippen LogP contribution in [0.2, 0.25) is 0 Å². The van der Waals surface area contributed by atoms with Gasteiger partial charge in [0.25, 0.3) is 0 Å². The summed E-state index contributed by atoms with van der Waals surface area (Å²) in [5.41, 5.74) is 1.01. The van der Waals surface area contributed by atoms with Crippen molar-refractivity contribution in [2.75, 3.05) is 6.54 Å². The van der Waals surface area contributed by atoms with E-state index < -0.39 is 11.9 Å². The maximum atomic E-state index is 11.7. The number of nitrogens with zero attached hydrogens (tertiary/aromatic N) is 1. The van der Waals surface area contributed by atoms with Crippen LogP contribution >= 0.6 is 0 Å². The predicted molar refractivity (Wildman–Crippen MR) is 59.7 cm³/mol. The van der Waals surface area contributed by atoms with E-state index in [9.17, 15) is 14.7 Å². The van der Waals surface area contributed by atoms with Crippen molar-refractivity contribution in [3.05, 3.63) is 35.9 Å². The van der Waals surface area contributed by atoms with Crippen molar-refractivity contribution < 1.29 is 14.7 Å². The molecule has 90 valence electrons. The molecule has 17 heavy (non-hydrogen) atoms. The Morgan fingerprint density at radius 3 is 2.59 bits per heavy atom. The molecular formula is C13H14NO3-. The zero-order valence-electron chi connectivity index (χ0n) is 9.63. The van der Waals surface area contributed by atoms with Gasteiger partial charge in [0.05, 0.1) is 6.04 Å². The molecule has 1 fully saturated rings. The quantitative estimate of drug-likeness (QED) is 0.755. The topological polar surface area (TPSA) is 60.4 Å². The van der Waals surface area contributed by atoms with Crippen molar-refractivity contribution in [2.45, 2.75) is 19.4 Å². The van der Waals surface area contributed by atoms with E-state index in [0.717, 1.165) is 5.56 Å². The average molecular weight is 232 g/mol. The number of hydrogen-bond acceptors (Lipinski definition) is 3. The summed E-state index contributed by atoms with van der Waals surface area (Å²) in [5.74, 6) is -1.93. The first-order valence-corrected chi connectivity index (χ1v) is 5.65. The van der Waals surface area contributed by atoms with Crippen LogP contribution in [0.3, 0.4) is 0 Å². The third-order valence-corrected chi connectivity index (χ3v) is 3.24. The molecule has 0 radical (unpaired) electrons. The second-order valence-electron chi connectivity index (χ2n) is 4.35. The van der Waals surface area contributed by atoms with E-state index in [-0.39, 0.29) is 24.9 Å². The largest absolute Gasteiger partial charge is 0.550 e. The highest BCUT2D eigenvalue weighted by Gasteiger charge is 2.33. The first-order chi connectivity index (χ1) is 8.09. The average Bonchev–Trinajstić information content (AvgIpc) is 2.72. The lowest BCUT2D eigenvalue weighted by Crippen LogP contribution is -2.34. The van der Waals surface area contributed by atoms with E-state index in [1.54, 1.807) is 4.90 Å². The lowest BCUT2D eigenvalue weighted by molar-refractivity contribution is -0.311. The molecule has 1 aromatic carbocycles. The molecule has 0 N–H and O–H groups in total. The monoisotopic (exact) mass is 232 g/mol. The van der Waals surface area contributed by atoms with Crippen LogP contribution in [-0.4, -0.2) is 23.3 Å². The van der Waals surface area contributed by atoms with Crippen LogP contribution in [0, 0.1) is 5.92 Å². The highest BCUT2D eigenvalue weighted by atomic mass is 16.4. The van der Waals surface area contributed by atoms with Gasteiger partial charge in [-0.25, -0.2) is 0 Å². The Labute approximate surface area is 99.9 Å². The van der Waals surface area contributed by atoms with Crippen LogP contribution in [-0.2, 0) is 9.59 Å². The fraction of sp³-hybridized carbons (Fsp3) is 0.385. The summed E-state index contributed by atoms with van der Waals surface area (Å²) in [6.45, 7) is 2.15. The molecule has 4 nitrogen and oxygen atoms in total. The summed E-state index contributed by atoms with van der Waals surface area (Å²) < 4.78 is 0. The van der Waals surface area contributed by atoms with E-state index >= 15 is 0 Å². The number of carboxylic acids is 1. The molecule has 1 saturated heterocycles. The number of benzene rings is 1. The first kappa shape index (κ1) is 11.6. The lowest BCUT2D eigenvalue weighted by Gasteiger charge is -2.25. The minimum absolute atomic E-state index is 0.0551. The zero-order chi connectivity index (χ0) is 12.4. The molecular weight excluding hydrogens is 218 g/mol. The lowest BCUT2D eigenvalue weighted by atomic mass is 10.1. The second kappa shape index (κ2) is 4.57. The number of hydrogen-bond donors (Lipinski definition) is 0. The van der Waals surface area contributed by atoms with Gasteiger partial charge >= 0.3 is 0 Å². The van der Waals surface area contributed by atoms with Crippen molar-refractivity contribution >= 4 is 11.9 Å². The van der Waals surface area contributed by atoms with E-state index in [1.165, 1.54) is 0 Å². The Balaban J connectivity index is 2.14. The molecule has 0 bridgehead atoms. The van der Waals surface area contributed by atoms with Crippen LogP contribution in [0.25, 0.3) is 0 Å². The summed E-state index contributed by atoms with van der Waals surface area (Å²) in [5, 5.41) is 10.8. The summed E-state index contributed by atoms with van der Waals surface area (Å²) in [4.78, 5) is 24.1. The van der Waals surface area contributed by atoms with Gasteiger partial charge in [0.1, 0.15) is 0 Å². The molecule has 1 amide bonds. The Bertz CT molecular complexity index is 430. The van der Waals surface area contributed by atoms with E-state index in [0.29, 0.717) is 0 Å². The molecule has 1 aliphatic heterocycles. The summed E-state index contributed by atoms with van der Waals surface area (Å²) >= 11 is 0. The Kier molecular flexibility index (Phi) is 3.13. The SMILES string of the molecule is C[C@H](c1ccccc1)N1C[C@@H](C(=O)[O-])CC1=O. The van der Waals surface area contributed by atoms with Gasteiger partial charge in [0.2, 0.25) is 5.91 Å². The van der Waals surface area contributed by atoms with Gasteiger partial charge in [-0.2, -0.15) is 0 Å². The van der Waals surface area contributed by atoms with Gasteiger partial charge in [-0.05, 0) is 12.5 Å². The number of likely N-dealkylation sites (tertiary alicyclic amines) is 1. The predicted octanol–water partition coefficient (Wildman–Crippen LogP) is 0.346. The molecule has 4 heteroatoms. The van der Waals surface area contributed by atoms with Crippen LogP contribution in [0.1, 0.15) is 24.9 Å². The number of carboxylic acid groups (broad SMARTS) is 1. The molecule has 0 aliphatic carbocycles. The molecule has 1 heterocycles. The van der Waals surface area contributed by atoms with Crippen LogP contribution in [0.4, 0.5) is 0 Å². The smallest absolute Gasteiger partial charge is 0.223 e. The van der Waals surface area contributed by atoms with Gasteiger partial charge in [-0.15, -0.1) is 0 Å². The number of carbonyl (C=O) groups is 2. The highest BCUT2D eigenvalue weighted by Crippen LogP contribution is 2.27. The minimum Gasteiger partial charge on any atom is -0.550 e. The van der Waals surface area contributed by atoms with E-state index in [2.05, 4.69) is 0 Å². The maximum absolute atomic E-state index is 11.7. The molecule has 2 rings (SSSR count). The van der Waals surface area contributed by atoms with Crippen molar-refractivity contribution in [1.82, 2.24) is 4.90 Å². The van der Waals surface area contributed by atoms with Gasteiger partial charge in [-0.3, -0.25) is 4.79 Å². The third kappa shape index (κ3) is 2.30. The van der Waals surface area contributed by atoms with E-state index in [1.807, 2.05) is 37.3 Å². The van der Waals surface area contributed by atoms with Crippen LogP contribution < -0.4 is 5.11 Å². The molecule has 1 aromatic rings. The molecule has 0 aromatic heterocycles. The summed E-state index contributed by atoms with van der Waals surface area (Å²) in [7, 11) is 0. The van der Waals surface area contributed by atoms with Gasteiger partial charge in [-0.1, -0.05) is 30.3 Å². The number of amides is 1. The van der Waals surface area contributed by atoms with Crippen molar-refractivity contribution in [1.29, 1.82) is 0 Å². The molecule has 0 saturated carbocycles. The van der Waals surface area contributed by atoms with E-state index in [4.69, 9.17) is 0 Å². The third-order valence-electron chi connectivity index (χ3n) is 3.24. The molecule has 0 unspecified atom stereocenters. The van der Waals surface area contributed by atoms with Crippen molar-refractivity contribution in [3.63, 3.8) is 0 Å². The summed E-state index contributed by atoms with van der Waals surface area (Å²) in [6.07, 6.45) is 0.0551. The fourth-order valence-corrected chi connectivity index (χ4v) is 2.18. The van der Waals surface area contributed by atoms with Gasteiger partial charge in [0.15, 0.2) is 0 Å². The standard InChI is InChI=1S/C13H15NO3/c1-9(10-5-3-2-4-6-10)14-8-11(13(16)17)7-12(14)15/h2-6,9,11H,7-8H2,1H3,(H,16,17)/p-1/t9-,11+/m1/s1. The van der Waals surface area contributed by atoms with Crippen molar-refractivity contribution in [3.8, 4) is 0 Å². The number of rotatable bonds is 3. The van der Waals surface area contributed by atoms with Crippen LogP contribution in [0.15, 0.2) is 30.3 Å². The normalized spacial score (nSPS) is 21.6. The van der Waals surface area contributed by atoms with Gasteiger partial charge < -0.3 is 14.8 Å². The number of carbonyl (C=O) groups excluding carboxylic acids is 2. The zero-order valence-corrected chi connectivity index (χ0v) is 9.63. The first-order valence-electron chi connectivity index (χ1n) is 5.65. The molecule has 1 aliphatic rings.